The van der Waals surface area contributed by atoms with Crippen molar-refractivity contribution in [3.8, 4) is 0 Å². The van der Waals surface area contributed by atoms with Crippen molar-refractivity contribution in [1.29, 1.82) is 0 Å². The molecule has 0 aromatic heterocycles. The fourth-order valence-corrected chi connectivity index (χ4v) is 2.23. The molecule has 2 amide bonds. The van der Waals surface area contributed by atoms with Gasteiger partial charge in [0.05, 0.1) is 25.2 Å². The summed E-state index contributed by atoms with van der Waals surface area (Å²) in [6, 6.07) is 8.49. The average molecular weight is 378 g/mol. The minimum Gasteiger partial charge on any atom is -0.459 e. The molecule has 0 heterocycles. The second-order valence-electron chi connectivity index (χ2n) is 6.52. The summed E-state index contributed by atoms with van der Waals surface area (Å²) in [6.45, 7) is 3.23. The van der Waals surface area contributed by atoms with Crippen LogP contribution in [0.2, 0.25) is 0 Å². The van der Waals surface area contributed by atoms with E-state index in [1.54, 1.807) is 13.8 Å². The van der Waals surface area contributed by atoms with Crippen molar-refractivity contribution < 1.29 is 19.1 Å². The molecule has 8 nitrogen and oxygen atoms in total. The zero-order valence-corrected chi connectivity index (χ0v) is 15.9. The molecule has 150 valence electrons. The normalized spacial score (nSPS) is 12.9. The van der Waals surface area contributed by atoms with Crippen LogP contribution in [0, 0.1) is 0 Å². The molecule has 1 rings (SSSR count). The number of hydrogen-bond acceptors (Lipinski definition) is 6. The number of nitrogens with one attached hydrogen (secondary N) is 2. The third kappa shape index (κ3) is 9.72. The third-order valence-corrected chi connectivity index (χ3v) is 3.82. The summed E-state index contributed by atoms with van der Waals surface area (Å²) >= 11 is 0. The van der Waals surface area contributed by atoms with Crippen molar-refractivity contribution in [3.63, 3.8) is 0 Å². The second kappa shape index (κ2) is 12.0. The van der Waals surface area contributed by atoms with Gasteiger partial charge in [-0.1, -0.05) is 30.3 Å². The number of carbonyl (C=O) groups is 3. The number of hydrogen-bond donors (Lipinski definition) is 4. The highest BCUT2D eigenvalue weighted by Gasteiger charge is 2.18. The van der Waals surface area contributed by atoms with Crippen molar-refractivity contribution in [3.05, 3.63) is 35.9 Å². The molecule has 0 aliphatic heterocycles. The number of ether oxygens (including phenoxy) is 1. The Morgan fingerprint density at radius 1 is 0.963 bits per heavy atom. The molecule has 27 heavy (non-hydrogen) atoms. The maximum Gasteiger partial charge on any atom is 0.306 e. The Balaban J connectivity index is 2.47. The molecule has 0 aliphatic rings. The topological polar surface area (TPSA) is 137 Å². The quantitative estimate of drug-likeness (QED) is 0.395. The van der Waals surface area contributed by atoms with Crippen LogP contribution in [0.3, 0.4) is 0 Å². The smallest absolute Gasteiger partial charge is 0.306 e. The SMILES string of the molecule is C[C@@H](N)C(=O)NCC(CNC(=O)[C@@H](C)N)OC(=O)CCCc1ccccc1. The van der Waals surface area contributed by atoms with Gasteiger partial charge in [0.15, 0.2) is 0 Å². The standard InChI is InChI=1S/C19H30N4O4/c1-13(20)18(25)22-11-16(12-23-19(26)14(2)21)27-17(24)10-6-9-15-7-4-3-5-8-15/h3-5,7-8,13-14,16H,6,9-12,20-21H2,1-2H3,(H,22,25)(H,23,26)/t13-,14-/m1/s1. The van der Waals surface area contributed by atoms with Crippen molar-refractivity contribution in [2.45, 2.75) is 51.3 Å². The summed E-state index contributed by atoms with van der Waals surface area (Å²) in [5.41, 5.74) is 12.1. The zero-order chi connectivity index (χ0) is 20.2. The number of benzene rings is 1. The second-order valence-corrected chi connectivity index (χ2v) is 6.52. The van der Waals surface area contributed by atoms with Gasteiger partial charge in [-0.2, -0.15) is 0 Å². The molecule has 0 unspecified atom stereocenters. The lowest BCUT2D eigenvalue weighted by atomic mass is 10.1. The van der Waals surface area contributed by atoms with Gasteiger partial charge in [0, 0.05) is 6.42 Å². The minimum absolute atomic E-state index is 0.0596. The van der Waals surface area contributed by atoms with Crippen molar-refractivity contribution >= 4 is 17.8 Å². The predicted octanol–water partition coefficient (Wildman–Crippen LogP) is -0.152. The number of rotatable bonds is 11. The first-order chi connectivity index (χ1) is 12.8. The van der Waals surface area contributed by atoms with Gasteiger partial charge < -0.3 is 26.8 Å². The van der Waals surface area contributed by atoms with E-state index in [2.05, 4.69) is 10.6 Å². The highest BCUT2D eigenvalue weighted by atomic mass is 16.5. The summed E-state index contributed by atoms with van der Waals surface area (Å²) in [6.07, 6.45) is 0.963. The Hall–Kier alpha value is -2.45. The maximum absolute atomic E-state index is 12.1. The minimum atomic E-state index is -0.695. The van der Waals surface area contributed by atoms with E-state index in [9.17, 15) is 14.4 Å². The Morgan fingerprint density at radius 3 is 1.96 bits per heavy atom. The van der Waals surface area contributed by atoms with E-state index in [0.717, 1.165) is 12.0 Å². The molecule has 0 saturated carbocycles. The summed E-state index contributed by atoms with van der Waals surface area (Å²) < 4.78 is 5.40. The summed E-state index contributed by atoms with van der Waals surface area (Å²) in [4.78, 5) is 35.4. The van der Waals surface area contributed by atoms with Crippen LogP contribution in [-0.4, -0.2) is 49.1 Å². The first-order valence-corrected chi connectivity index (χ1v) is 9.09. The first-order valence-electron chi connectivity index (χ1n) is 9.09. The molecular weight excluding hydrogens is 348 g/mol. The van der Waals surface area contributed by atoms with Crippen molar-refractivity contribution in [2.75, 3.05) is 13.1 Å². The van der Waals surface area contributed by atoms with Gasteiger partial charge in [-0.05, 0) is 32.3 Å². The van der Waals surface area contributed by atoms with E-state index in [0.29, 0.717) is 6.42 Å². The molecule has 0 fully saturated rings. The van der Waals surface area contributed by atoms with E-state index >= 15 is 0 Å². The highest BCUT2D eigenvalue weighted by molar-refractivity contribution is 5.81. The third-order valence-electron chi connectivity index (χ3n) is 3.82. The van der Waals surface area contributed by atoms with Gasteiger partial charge in [-0.3, -0.25) is 14.4 Å². The number of aryl methyl sites for hydroxylation is 1. The molecule has 0 aliphatic carbocycles. The molecule has 2 atom stereocenters. The predicted molar refractivity (Wildman–Crippen MR) is 103 cm³/mol. The summed E-state index contributed by atoms with van der Waals surface area (Å²) in [5.74, 6) is -1.11. The van der Waals surface area contributed by atoms with Crippen molar-refractivity contribution in [1.82, 2.24) is 10.6 Å². The maximum atomic E-state index is 12.1. The molecular formula is C19H30N4O4. The highest BCUT2D eigenvalue weighted by Crippen LogP contribution is 2.06. The Labute approximate surface area is 160 Å². The number of nitrogens with two attached hydrogens (primary N) is 2. The fraction of sp³-hybridized carbons (Fsp3) is 0.526. The number of esters is 1. The molecule has 0 saturated heterocycles. The van der Waals surface area contributed by atoms with Crippen LogP contribution in [0.1, 0.15) is 32.3 Å². The van der Waals surface area contributed by atoms with E-state index in [1.807, 2.05) is 30.3 Å². The van der Waals surface area contributed by atoms with Crippen LogP contribution >= 0.6 is 0 Å². The van der Waals surface area contributed by atoms with Crippen LogP contribution in [0.25, 0.3) is 0 Å². The van der Waals surface area contributed by atoms with E-state index in [-0.39, 0.29) is 37.3 Å². The van der Waals surface area contributed by atoms with Crippen LogP contribution in [0.5, 0.6) is 0 Å². The van der Waals surface area contributed by atoms with Crippen LogP contribution < -0.4 is 22.1 Å². The molecule has 0 radical (unpaired) electrons. The molecule has 1 aromatic rings. The summed E-state index contributed by atoms with van der Waals surface area (Å²) in [5, 5.41) is 5.20. The Kier molecular flexibility index (Phi) is 10.1. The average Bonchev–Trinajstić information content (AvgIpc) is 2.63. The zero-order valence-electron chi connectivity index (χ0n) is 15.9. The van der Waals surface area contributed by atoms with Gasteiger partial charge >= 0.3 is 5.97 Å². The van der Waals surface area contributed by atoms with E-state index in [1.165, 1.54) is 0 Å². The van der Waals surface area contributed by atoms with E-state index in [4.69, 9.17) is 16.2 Å². The molecule has 0 bridgehead atoms. The fourth-order valence-electron chi connectivity index (χ4n) is 2.23. The van der Waals surface area contributed by atoms with Gasteiger partial charge in [-0.15, -0.1) is 0 Å². The Morgan fingerprint density at radius 2 is 1.48 bits per heavy atom. The van der Waals surface area contributed by atoms with E-state index < -0.39 is 18.2 Å². The lowest BCUT2D eigenvalue weighted by Crippen LogP contribution is -2.48. The van der Waals surface area contributed by atoms with Crippen LogP contribution in [0.4, 0.5) is 0 Å². The lowest BCUT2D eigenvalue weighted by molar-refractivity contribution is -0.150. The van der Waals surface area contributed by atoms with Gasteiger partial charge in [0.1, 0.15) is 6.10 Å². The van der Waals surface area contributed by atoms with Gasteiger partial charge in [0.25, 0.3) is 0 Å². The van der Waals surface area contributed by atoms with Crippen LogP contribution in [0.15, 0.2) is 30.3 Å². The van der Waals surface area contributed by atoms with Gasteiger partial charge in [-0.25, -0.2) is 0 Å². The number of carbonyl (C=O) groups excluding carboxylic acids is 3. The first kappa shape index (κ1) is 22.6. The monoisotopic (exact) mass is 378 g/mol. The molecule has 6 N–H and O–H groups in total. The lowest BCUT2D eigenvalue weighted by Gasteiger charge is -2.20. The largest absolute Gasteiger partial charge is 0.459 e. The van der Waals surface area contributed by atoms with Crippen molar-refractivity contribution in [2.24, 2.45) is 11.5 Å². The molecule has 8 heteroatoms. The summed E-state index contributed by atoms with van der Waals surface area (Å²) in [7, 11) is 0. The number of amides is 2. The molecule has 1 aromatic carbocycles. The van der Waals surface area contributed by atoms with Gasteiger partial charge in [0.2, 0.25) is 11.8 Å². The molecule has 0 spiro atoms. The van der Waals surface area contributed by atoms with Crippen LogP contribution in [-0.2, 0) is 25.5 Å². The Bertz CT molecular complexity index is 581.